The maximum atomic E-state index is 13.1. The average Bonchev–Trinajstić information content (AvgIpc) is 3.07. The molecule has 1 aliphatic carbocycles. The van der Waals surface area contributed by atoms with Crippen molar-refractivity contribution >= 4 is 27.8 Å². The zero-order valence-corrected chi connectivity index (χ0v) is 11.9. The van der Waals surface area contributed by atoms with Crippen LogP contribution in [0.25, 0.3) is 0 Å². The molecule has 2 fully saturated rings. The highest BCUT2D eigenvalue weighted by Gasteiger charge is 2.44. The first-order valence-corrected chi connectivity index (χ1v) is 6.91. The van der Waals surface area contributed by atoms with E-state index in [4.69, 9.17) is 0 Å². The third-order valence-electron chi connectivity index (χ3n) is 3.38. The molecule has 1 atom stereocenters. The number of nitrogens with one attached hydrogen (secondary N) is 2. The number of amides is 1. The van der Waals surface area contributed by atoms with Crippen LogP contribution in [-0.2, 0) is 10.3 Å². The number of hydrogen-bond donors (Lipinski definition) is 2. The van der Waals surface area contributed by atoms with Crippen molar-refractivity contribution < 1.29 is 9.18 Å². The standard InChI is InChI=1S/C13H13BrFN3O/c1-13(9-5-2-7(15)6-10(9)14)11(19)17-12(18-13)16-8-3-4-8/h2,5-6,8H,3-4H2,1H3,(H2,16,17,18,19). The fraction of sp³-hybridized carbons (Fsp3) is 0.385. The van der Waals surface area contributed by atoms with Crippen molar-refractivity contribution in [2.75, 3.05) is 0 Å². The van der Waals surface area contributed by atoms with Crippen molar-refractivity contribution in [3.63, 3.8) is 0 Å². The summed E-state index contributed by atoms with van der Waals surface area (Å²) in [4.78, 5) is 16.6. The first-order valence-electron chi connectivity index (χ1n) is 6.12. The average molecular weight is 326 g/mol. The molecule has 1 amide bonds. The van der Waals surface area contributed by atoms with E-state index in [1.165, 1.54) is 12.1 Å². The van der Waals surface area contributed by atoms with Gasteiger partial charge in [0.2, 0.25) is 0 Å². The summed E-state index contributed by atoms with van der Waals surface area (Å²) in [7, 11) is 0. The van der Waals surface area contributed by atoms with Crippen LogP contribution in [0.1, 0.15) is 25.3 Å². The van der Waals surface area contributed by atoms with Crippen LogP contribution >= 0.6 is 15.9 Å². The molecule has 1 saturated carbocycles. The Labute approximate surface area is 118 Å². The van der Waals surface area contributed by atoms with E-state index in [1.807, 2.05) is 0 Å². The molecule has 0 spiro atoms. The Morgan fingerprint density at radius 3 is 2.84 bits per heavy atom. The Hall–Kier alpha value is -1.43. The number of nitrogens with zero attached hydrogens (tertiary/aromatic N) is 1. The largest absolute Gasteiger partial charge is 0.338 e. The van der Waals surface area contributed by atoms with Crippen LogP contribution in [0, 0.1) is 5.82 Å². The summed E-state index contributed by atoms with van der Waals surface area (Å²) >= 11 is 3.30. The molecule has 1 aromatic carbocycles. The third-order valence-corrected chi connectivity index (χ3v) is 4.04. The number of hydrogen-bond acceptors (Lipinski definition) is 2. The smallest absolute Gasteiger partial charge is 0.256 e. The number of guanidine groups is 1. The Morgan fingerprint density at radius 1 is 1.47 bits per heavy atom. The molecule has 1 saturated heterocycles. The molecule has 6 heteroatoms. The van der Waals surface area contributed by atoms with Gasteiger partial charge in [0.1, 0.15) is 11.4 Å². The van der Waals surface area contributed by atoms with Crippen LogP contribution in [0.15, 0.2) is 27.7 Å². The Kier molecular flexibility index (Phi) is 2.85. The van der Waals surface area contributed by atoms with E-state index in [-0.39, 0.29) is 11.7 Å². The van der Waals surface area contributed by atoms with Gasteiger partial charge in [-0.2, -0.15) is 0 Å². The Bertz CT molecular complexity index is 585. The highest BCUT2D eigenvalue weighted by atomic mass is 79.9. The highest BCUT2D eigenvalue weighted by Crippen LogP contribution is 2.32. The minimum Gasteiger partial charge on any atom is -0.338 e. The molecular formula is C13H13BrFN3O. The number of rotatable bonds is 2. The van der Waals surface area contributed by atoms with Gasteiger partial charge in [0.15, 0.2) is 5.96 Å². The lowest BCUT2D eigenvalue weighted by molar-refractivity contribution is -0.123. The van der Waals surface area contributed by atoms with E-state index >= 15 is 0 Å². The summed E-state index contributed by atoms with van der Waals surface area (Å²) in [6.45, 7) is 1.76. The minimum atomic E-state index is -0.930. The summed E-state index contributed by atoms with van der Waals surface area (Å²) in [5, 5.41) is 5.84. The van der Waals surface area contributed by atoms with Crippen molar-refractivity contribution in [2.24, 2.45) is 4.99 Å². The first kappa shape index (κ1) is 12.6. The van der Waals surface area contributed by atoms with Crippen LogP contribution < -0.4 is 10.6 Å². The van der Waals surface area contributed by atoms with E-state index in [9.17, 15) is 9.18 Å². The van der Waals surface area contributed by atoms with Crippen molar-refractivity contribution in [3.8, 4) is 0 Å². The molecule has 2 N–H and O–H groups in total. The molecule has 0 radical (unpaired) electrons. The molecule has 19 heavy (non-hydrogen) atoms. The lowest BCUT2D eigenvalue weighted by Crippen LogP contribution is -2.41. The van der Waals surface area contributed by atoms with Gasteiger partial charge in [-0.3, -0.25) is 10.1 Å². The third kappa shape index (κ3) is 2.25. The minimum absolute atomic E-state index is 0.181. The van der Waals surface area contributed by atoms with Gasteiger partial charge < -0.3 is 5.32 Å². The van der Waals surface area contributed by atoms with E-state index < -0.39 is 5.54 Å². The van der Waals surface area contributed by atoms with Crippen LogP contribution in [-0.4, -0.2) is 17.9 Å². The molecule has 0 aromatic heterocycles. The highest BCUT2D eigenvalue weighted by molar-refractivity contribution is 9.10. The second-order valence-corrected chi connectivity index (χ2v) is 5.89. The van der Waals surface area contributed by atoms with Crippen LogP contribution in [0.3, 0.4) is 0 Å². The van der Waals surface area contributed by atoms with Crippen molar-refractivity contribution in [1.82, 2.24) is 10.6 Å². The Morgan fingerprint density at radius 2 is 2.21 bits per heavy atom. The number of aliphatic imine (C=N–C) groups is 1. The maximum absolute atomic E-state index is 13.1. The van der Waals surface area contributed by atoms with Gasteiger partial charge >= 0.3 is 0 Å². The lowest BCUT2D eigenvalue weighted by Gasteiger charge is -2.23. The molecule has 4 nitrogen and oxygen atoms in total. The first-order chi connectivity index (χ1) is 8.99. The second-order valence-electron chi connectivity index (χ2n) is 5.04. The molecule has 1 aromatic rings. The second kappa shape index (κ2) is 4.30. The summed E-state index contributed by atoms with van der Waals surface area (Å²) in [5.41, 5.74) is -0.243. The monoisotopic (exact) mass is 325 g/mol. The normalized spacial score (nSPS) is 28.4. The number of halogens is 2. The van der Waals surface area contributed by atoms with E-state index in [0.29, 0.717) is 22.0 Å². The molecule has 100 valence electrons. The molecule has 2 aliphatic rings. The van der Waals surface area contributed by atoms with Crippen LogP contribution in [0.2, 0.25) is 0 Å². The van der Waals surface area contributed by atoms with Gasteiger partial charge in [0.05, 0.1) is 6.04 Å². The van der Waals surface area contributed by atoms with Crippen molar-refractivity contribution in [3.05, 3.63) is 34.1 Å². The number of benzene rings is 1. The van der Waals surface area contributed by atoms with Crippen LogP contribution in [0.5, 0.6) is 0 Å². The van der Waals surface area contributed by atoms with Crippen LogP contribution in [0.4, 0.5) is 4.39 Å². The molecule has 1 unspecified atom stereocenters. The topological polar surface area (TPSA) is 53.5 Å². The van der Waals surface area contributed by atoms with E-state index in [2.05, 4.69) is 31.6 Å². The van der Waals surface area contributed by atoms with Gasteiger partial charge in [-0.1, -0.05) is 22.0 Å². The van der Waals surface area contributed by atoms with Gasteiger partial charge in [0.25, 0.3) is 5.91 Å². The zero-order chi connectivity index (χ0) is 13.6. The van der Waals surface area contributed by atoms with Gasteiger partial charge in [-0.15, -0.1) is 0 Å². The van der Waals surface area contributed by atoms with Crippen molar-refractivity contribution in [1.29, 1.82) is 0 Å². The van der Waals surface area contributed by atoms with Gasteiger partial charge in [-0.05, 0) is 31.9 Å². The van der Waals surface area contributed by atoms with Crippen molar-refractivity contribution in [2.45, 2.75) is 31.3 Å². The lowest BCUT2D eigenvalue weighted by atomic mass is 9.92. The molecule has 1 aliphatic heterocycles. The summed E-state index contributed by atoms with van der Waals surface area (Å²) in [5.74, 6) is -0.0186. The van der Waals surface area contributed by atoms with Gasteiger partial charge in [-0.25, -0.2) is 9.38 Å². The summed E-state index contributed by atoms with van der Waals surface area (Å²) in [6.07, 6.45) is 2.13. The summed E-state index contributed by atoms with van der Waals surface area (Å²) < 4.78 is 13.7. The predicted octanol–water partition coefficient (Wildman–Crippen LogP) is 2.04. The summed E-state index contributed by atoms with van der Waals surface area (Å²) in [6, 6.07) is 4.62. The molecule has 0 bridgehead atoms. The molecule has 3 rings (SSSR count). The molecule has 1 heterocycles. The fourth-order valence-electron chi connectivity index (χ4n) is 2.09. The van der Waals surface area contributed by atoms with E-state index in [1.54, 1.807) is 13.0 Å². The maximum Gasteiger partial charge on any atom is 0.256 e. The Balaban J connectivity index is 1.95. The molecular weight excluding hydrogens is 313 g/mol. The van der Waals surface area contributed by atoms with Gasteiger partial charge in [0, 0.05) is 10.0 Å². The number of carbonyl (C=O) groups excluding carboxylic acids is 1. The SMILES string of the molecule is CC1(c2ccc(F)cc2Br)NC(=NC2CC2)NC1=O. The predicted molar refractivity (Wildman–Crippen MR) is 73.2 cm³/mol. The van der Waals surface area contributed by atoms with E-state index in [0.717, 1.165) is 12.8 Å². The zero-order valence-electron chi connectivity index (χ0n) is 10.3. The number of carbonyl (C=O) groups is 1. The fourth-order valence-corrected chi connectivity index (χ4v) is 2.84. The quantitative estimate of drug-likeness (QED) is 0.874.